The van der Waals surface area contributed by atoms with Crippen molar-refractivity contribution in [3.63, 3.8) is 0 Å². The fourth-order valence-electron chi connectivity index (χ4n) is 1.74. The largest absolute Gasteiger partial charge is 0.481 e. The van der Waals surface area contributed by atoms with Gasteiger partial charge in [0.1, 0.15) is 0 Å². The van der Waals surface area contributed by atoms with Crippen molar-refractivity contribution in [2.75, 3.05) is 14.2 Å². The molecule has 0 radical (unpaired) electrons. The van der Waals surface area contributed by atoms with E-state index in [0.29, 0.717) is 12.3 Å². The molecule has 0 saturated carbocycles. The van der Waals surface area contributed by atoms with Crippen LogP contribution in [0.1, 0.15) is 11.1 Å². The van der Waals surface area contributed by atoms with Crippen molar-refractivity contribution in [1.82, 2.24) is 4.98 Å². The third kappa shape index (κ3) is 3.34. The summed E-state index contributed by atoms with van der Waals surface area (Å²) in [5.74, 6) is 0.565. The molecular weight excluding hydrogens is 278 g/mol. The van der Waals surface area contributed by atoms with E-state index < -0.39 is 10.1 Å². The number of rotatable bonds is 5. The van der Waals surface area contributed by atoms with Gasteiger partial charge in [0.25, 0.3) is 10.1 Å². The number of hydrogen-bond donors (Lipinski definition) is 0. The van der Waals surface area contributed by atoms with Gasteiger partial charge in [-0.3, -0.25) is 4.18 Å². The first-order chi connectivity index (χ1) is 9.55. The summed E-state index contributed by atoms with van der Waals surface area (Å²) in [6.45, 7) is 0. The van der Waals surface area contributed by atoms with E-state index in [0.717, 1.165) is 18.2 Å². The van der Waals surface area contributed by atoms with E-state index in [4.69, 9.17) is 4.74 Å². The van der Waals surface area contributed by atoms with Crippen LogP contribution in [0.5, 0.6) is 5.88 Å². The van der Waals surface area contributed by atoms with E-state index in [1.54, 1.807) is 31.5 Å². The van der Waals surface area contributed by atoms with E-state index in [1.165, 1.54) is 12.1 Å². The number of methoxy groups -OCH3 is 1. The fourth-order valence-corrected chi connectivity index (χ4v) is 2.40. The summed E-state index contributed by atoms with van der Waals surface area (Å²) in [7, 11) is -0.914. The topological polar surface area (TPSA) is 65.5 Å². The average molecular weight is 293 g/mol. The molecule has 0 saturated heterocycles. The average Bonchev–Trinajstić information content (AvgIpc) is 2.48. The highest BCUT2D eigenvalue weighted by Gasteiger charge is 2.12. The minimum absolute atomic E-state index is 0.150. The van der Waals surface area contributed by atoms with Crippen LogP contribution in [0.25, 0.3) is 0 Å². The van der Waals surface area contributed by atoms with Crippen molar-refractivity contribution in [2.24, 2.45) is 0 Å². The normalized spacial score (nSPS) is 11.3. The van der Waals surface area contributed by atoms with Crippen LogP contribution < -0.4 is 4.74 Å². The number of aromatic nitrogens is 1. The Balaban J connectivity index is 2.14. The molecule has 2 aromatic rings. The van der Waals surface area contributed by atoms with Gasteiger partial charge in [-0.05, 0) is 29.7 Å². The number of nitrogens with zero attached hydrogens (tertiary/aromatic N) is 1. The van der Waals surface area contributed by atoms with Gasteiger partial charge in [-0.2, -0.15) is 8.42 Å². The molecule has 106 valence electrons. The van der Waals surface area contributed by atoms with Gasteiger partial charge in [0.05, 0.1) is 19.1 Å². The van der Waals surface area contributed by atoms with Crippen LogP contribution in [0, 0.1) is 0 Å². The molecular formula is C14H15NO4S. The minimum atomic E-state index is -3.63. The predicted octanol–water partition coefficient (Wildman–Crippen LogP) is 2.02. The number of pyridine rings is 1. The van der Waals surface area contributed by atoms with Crippen LogP contribution in [0.15, 0.2) is 47.5 Å². The third-order valence-corrected chi connectivity index (χ3v) is 4.13. The molecule has 0 aliphatic heterocycles. The molecule has 20 heavy (non-hydrogen) atoms. The molecule has 1 heterocycles. The van der Waals surface area contributed by atoms with Crippen LogP contribution in [0.3, 0.4) is 0 Å². The lowest BCUT2D eigenvalue weighted by molar-refractivity contribution is 0.397. The Morgan fingerprint density at radius 1 is 1.00 bits per heavy atom. The molecule has 1 aromatic carbocycles. The Morgan fingerprint density at radius 3 is 2.15 bits per heavy atom. The summed E-state index contributed by atoms with van der Waals surface area (Å²) >= 11 is 0. The fraction of sp³-hybridized carbons (Fsp3) is 0.214. The molecule has 0 N–H and O–H groups in total. The first kappa shape index (κ1) is 14.5. The first-order valence-electron chi connectivity index (χ1n) is 5.93. The summed E-state index contributed by atoms with van der Waals surface area (Å²) in [6, 6.07) is 10.3. The van der Waals surface area contributed by atoms with Crippen LogP contribution >= 0.6 is 0 Å². The molecule has 6 heteroatoms. The predicted molar refractivity (Wildman–Crippen MR) is 74.2 cm³/mol. The van der Waals surface area contributed by atoms with Crippen molar-refractivity contribution >= 4 is 10.1 Å². The van der Waals surface area contributed by atoms with Crippen LogP contribution in [-0.4, -0.2) is 27.6 Å². The Labute approximate surface area is 118 Å². The highest BCUT2D eigenvalue weighted by atomic mass is 32.2. The summed E-state index contributed by atoms with van der Waals surface area (Å²) in [5.41, 5.74) is 2.01. The van der Waals surface area contributed by atoms with Gasteiger partial charge >= 0.3 is 0 Å². The van der Waals surface area contributed by atoms with E-state index in [1.807, 2.05) is 6.07 Å². The quantitative estimate of drug-likeness (QED) is 0.789. The molecule has 2 rings (SSSR count). The summed E-state index contributed by atoms with van der Waals surface area (Å²) < 4.78 is 32.4. The maximum Gasteiger partial charge on any atom is 0.296 e. The molecule has 0 bridgehead atoms. The summed E-state index contributed by atoms with van der Waals surface area (Å²) in [5, 5.41) is 0. The lowest BCUT2D eigenvalue weighted by Crippen LogP contribution is -2.02. The van der Waals surface area contributed by atoms with E-state index in [9.17, 15) is 8.42 Å². The van der Waals surface area contributed by atoms with Crippen LogP contribution in [-0.2, 0) is 20.7 Å². The van der Waals surface area contributed by atoms with Gasteiger partial charge in [0.15, 0.2) is 0 Å². The maximum atomic E-state index is 11.5. The highest BCUT2D eigenvalue weighted by Crippen LogP contribution is 2.16. The second-order valence-electron chi connectivity index (χ2n) is 4.15. The molecule has 0 atom stereocenters. The monoisotopic (exact) mass is 293 g/mol. The minimum Gasteiger partial charge on any atom is -0.481 e. The zero-order chi connectivity index (χ0) is 14.6. The number of hydrogen-bond acceptors (Lipinski definition) is 5. The third-order valence-electron chi connectivity index (χ3n) is 2.85. The molecule has 0 spiro atoms. The second-order valence-corrected chi connectivity index (χ2v) is 5.86. The smallest absolute Gasteiger partial charge is 0.296 e. The Kier molecular flexibility index (Phi) is 4.36. The highest BCUT2D eigenvalue weighted by molar-refractivity contribution is 7.86. The number of benzene rings is 1. The Morgan fingerprint density at radius 2 is 1.65 bits per heavy atom. The van der Waals surface area contributed by atoms with E-state index >= 15 is 0 Å². The molecule has 0 aliphatic carbocycles. The van der Waals surface area contributed by atoms with Crippen molar-refractivity contribution < 1.29 is 17.3 Å². The molecule has 0 amide bonds. The zero-order valence-corrected chi connectivity index (χ0v) is 12.1. The standard InChI is InChI=1S/C14H15NO4S/c1-18-14-8-5-12(10-15-14)9-11-3-6-13(7-4-11)20(16,17)19-2/h3-8,10H,9H2,1-2H3. The van der Waals surface area contributed by atoms with Crippen molar-refractivity contribution in [3.8, 4) is 5.88 Å². The molecule has 0 unspecified atom stereocenters. The van der Waals surface area contributed by atoms with Crippen molar-refractivity contribution in [3.05, 3.63) is 53.7 Å². The molecule has 5 nitrogen and oxygen atoms in total. The van der Waals surface area contributed by atoms with Gasteiger partial charge in [-0.25, -0.2) is 4.98 Å². The lowest BCUT2D eigenvalue weighted by Gasteiger charge is -2.05. The van der Waals surface area contributed by atoms with Crippen LogP contribution in [0.2, 0.25) is 0 Å². The zero-order valence-electron chi connectivity index (χ0n) is 11.2. The molecule has 0 aliphatic rings. The van der Waals surface area contributed by atoms with Gasteiger partial charge in [0.2, 0.25) is 5.88 Å². The SMILES string of the molecule is COc1ccc(Cc2ccc(S(=O)(=O)OC)cc2)cn1. The maximum absolute atomic E-state index is 11.5. The van der Waals surface area contributed by atoms with E-state index in [2.05, 4.69) is 9.17 Å². The summed E-state index contributed by atoms with van der Waals surface area (Å²) in [4.78, 5) is 4.27. The second kappa shape index (κ2) is 6.02. The van der Waals surface area contributed by atoms with Crippen molar-refractivity contribution in [1.29, 1.82) is 0 Å². The Bertz CT molecular complexity index is 663. The van der Waals surface area contributed by atoms with Gasteiger partial charge in [-0.15, -0.1) is 0 Å². The summed E-state index contributed by atoms with van der Waals surface area (Å²) in [6.07, 6.45) is 2.41. The molecule has 0 fully saturated rings. The lowest BCUT2D eigenvalue weighted by atomic mass is 10.1. The Hall–Kier alpha value is -1.92. The first-order valence-corrected chi connectivity index (χ1v) is 7.34. The van der Waals surface area contributed by atoms with Gasteiger partial charge < -0.3 is 4.74 Å². The van der Waals surface area contributed by atoms with Gasteiger partial charge in [0, 0.05) is 12.3 Å². The number of ether oxygens (including phenoxy) is 1. The van der Waals surface area contributed by atoms with E-state index in [-0.39, 0.29) is 4.90 Å². The van der Waals surface area contributed by atoms with Gasteiger partial charge in [-0.1, -0.05) is 18.2 Å². The molecule has 1 aromatic heterocycles. The van der Waals surface area contributed by atoms with Crippen LogP contribution in [0.4, 0.5) is 0 Å². The van der Waals surface area contributed by atoms with Crippen molar-refractivity contribution in [2.45, 2.75) is 11.3 Å².